The molecule has 1 aromatic carbocycles. The molecular weight excluding hydrogens is 304 g/mol. The molecule has 0 aliphatic carbocycles. The summed E-state index contributed by atoms with van der Waals surface area (Å²) >= 11 is 5.98. The van der Waals surface area contributed by atoms with Crippen LogP contribution < -0.4 is 10.6 Å². The van der Waals surface area contributed by atoms with E-state index in [-0.39, 0.29) is 6.54 Å². The van der Waals surface area contributed by atoms with Crippen molar-refractivity contribution in [1.82, 2.24) is 20.2 Å². The highest BCUT2D eigenvalue weighted by Gasteiger charge is 2.12. The second-order valence-electron chi connectivity index (χ2n) is 4.68. The number of carbonyl (C=O) groups excluding carboxylic acids is 2. The lowest BCUT2D eigenvalue weighted by Crippen LogP contribution is -2.40. The van der Waals surface area contributed by atoms with Crippen molar-refractivity contribution in [2.24, 2.45) is 0 Å². The Morgan fingerprint density at radius 2 is 1.95 bits per heavy atom. The topological polar surface area (TPSA) is 76.0 Å². The monoisotopic (exact) mass is 320 g/mol. The maximum atomic E-state index is 11.7. The molecule has 2 aromatic rings. The SMILES string of the molecule is O=C(NCCCn1ccnc1)C(=O)NCc1ccccc1Cl. The van der Waals surface area contributed by atoms with Crippen molar-refractivity contribution in [1.29, 1.82) is 0 Å². The standard InChI is InChI=1S/C15H17ClN4O2/c16-13-5-2-1-4-12(13)10-19-15(22)14(21)18-6-3-8-20-9-7-17-11-20/h1-2,4-5,7,9,11H,3,6,8,10H2,(H,18,21)(H,19,22). The van der Waals surface area contributed by atoms with Crippen LogP contribution in [0, 0.1) is 0 Å². The molecule has 7 heteroatoms. The van der Waals surface area contributed by atoms with E-state index in [1.165, 1.54) is 0 Å². The van der Waals surface area contributed by atoms with Gasteiger partial charge in [0.15, 0.2) is 0 Å². The highest BCUT2D eigenvalue weighted by Crippen LogP contribution is 2.14. The Balaban J connectivity index is 1.66. The van der Waals surface area contributed by atoms with Crippen LogP contribution in [0.1, 0.15) is 12.0 Å². The van der Waals surface area contributed by atoms with Crippen molar-refractivity contribution in [2.75, 3.05) is 6.54 Å². The summed E-state index contributed by atoms with van der Waals surface area (Å²) in [6.45, 7) is 1.39. The molecule has 0 spiro atoms. The third-order valence-corrected chi connectivity index (χ3v) is 3.41. The Labute approximate surface area is 133 Å². The molecule has 2 N–H and O–H groups in total. The van der Waals surface area contributed by atoms with Crippen LogP contribution in [-0.4, -0.2) is 27.9 Å². The zero-order valence-electron chi connectivity index (χ0n) is 12.0. The Bertz CT molecular complexity index is 628. The lowest BCUT2D eigenvalue weighted by Gasteiger charge is -2.08. The van der Waals surface area contributed by atoms with Gasteiger partial charge in [-0.3, -0.25) is 9.59 Å². The Morgan fingerprint density at radius 3 is 2.68 bits per heavy atom. The molecule has 0 atom stereocenters. The molecule has 2 rings (SSSR count). The third-order valence-electron chi connectivity index (χ3n) is 3.04. The predicted molar refractivity (Wildman–Crippen MR) is 83.2 cm³/mol. The van der Waals surface area contributed by atoms with Crippen LogP contribution in [0.25, 0.3) is 0 Å². The van der Waals surface area contributed by atoms with E-state index in [2.05, 4.69) is 15.6 Å². The second-order valence-corrected chi connectivity index (χ2v) is 5.09. The van der Waals surface area contributed by atoms with Gasteiger partial charge in [0, 0.05) is 37.1 Å². The summed E-state index contributed by atoms with van der Waals surface area (Å²) in [6.07, 6.45) is 5.97. The Morgan fingerprint density at radius 1 is 1.18 bits per heavy atom. The molecule has 0 aliphatic rings. The third kappa shape index (κ3) is 4.89. The number of amides is 2. The number of hydrogen-bond acceptors (Lipinski definition) is 3. The summed E-state index contributed by atoms with van der Waals surface area (Å²) in [5.41, 5.74) is 0.769. The summed E-state index contributed by atoms with van der Waals surface area (Å²) in [5, 5.41) is 5.68. The number of aromatic nitrogens is 2. The minimum Gasteiger partial charge on any atom is -0.348 e. The van der Waals surface area contributed by atoms with Gasteiger partial charge < -0.3 is 15.2 Å². The van der Waals surface area contributed by atoms with Gasteiger partial charge in [-0.25, -0.2) is 4.98 Å². The number of hydrogen-bond donors (Lipinski definition) is 2. The quantitative estimate of drug-likeness (QED) is 0.623. The van der Waals surface area contributed by atoms with Crippen LogP contribution in [0.3, 0.4) is 0 Å². The number of benzene rings is 1. The summed E-state index contributed by atoms with van der Waals surface area (Å²) in [7, 11) is 0. The molecule has 0 unspecified atom stereocenters. The van der Waals surface area contributed by atoms with Crippen molar-refractivity contribution < 1.29 is 9.59 Å². The Kier molecular flexibility index (Phi) is 5.97. The number of halogens is 1. The predicted octanol–water partition coefficient (Wildman–Crippen LogP) is 1.36. The molecule has 1 heterocycles. The van der Waals surface area contributed by atoms with Gasteiger partial charge in [-0.05, 0) is 18.1 Å². The number of rotatable bonds is 6. The molecular formula is C15H17ClN4O2. The molecule has 0 saturated heterocycles. The van der Waals surface area contributed by atoms with E-state index in [9.17, 15) is 9.59 Å². The largest absolute Gasteiger partial charge is 0.348 e. The number of carbonyl (C=O) groups is 2. The fourth-order valence-corrected chi connectivity index (χ4v) is 2.06. The molecule has 116 valence electrons. The molecule has 0 radical (unpaired) electrons. The average molecular weight is 321 g/mol. The zero-order chi connectivity index (χ0) is 15.8. The number of imidazole rings is 1. The highest BCUT2D eigenvalue weighted by atomic mass is 35.5. The molecule has 0 fully saturated rings. The van der Waals surface area contributed by atoms with E-state index in [0.717, 1.165) is 18.5 Å². The van der Waals surface area contributed by atoms with E-state index >= 15 is 0 Å². The van der Waals surface area contributed by atoms with Gasteiger partial charge in [0.1, 0.15) is 0 Å². The van der Waals surface area contributed by atoms with Gasteiger partial charge >= 0.3 is 11.8 Å². The van der Waals surface area contributed by atoms with E-state index in [4.69, 9.17) is 11.6 Å². The molecule has 6 nitrogen and oxygen atoms in total. The normalized spacial score (nSPS) is 10.2. The van der Waals surface area contributed by atoms with E-state index in [0.29, 0.717) is 11.6 Å². The van der Waals surface area contributed by atoms with E-state index < -0.39 is 11.8 Å². The first-order valence-electron chi connectivity index (χ1n) is 6.92. The van der Waals surface area contributed by atoms with Crippen molar-refractivity contribution in [3.63, 3.8) is 0 Å². The fraction of sp³-hybridized carbons (Fsp3) is 0.267. The first-order chi connectivity index (χ1) is 10.7. The molecule has 0 aliphatic heterocycles. The number of aryl methyl sites for hydroxylation is 1. The number of nitrogens with zero attached hydrogens (tertiary/aromatic N) is 2. The molecule has 0 saturated carbocycles. The molecule has 1 aromatic heterocycles. The summed E-state index contributed by atoms with van der Waals surface area (Å²) < 4.78 is 1.91. The van der Waals surface area contributed by atoms with Gasteiger partial charge in [-0.1, -0.05) is 29.8 Å². The van der Waals surface area contributed by atoms with Crippen LogP contribution in [0.4, 0.5) is 0 Å². The fourth-order valence-electron chi connectivity index (χ4n) is 1.86. The van der Waals surface area contributed by atoms with Crippen LogP contribution >= 0.6 is 11.6 Å². The van der Waals surface area contributed by atoms with E-state index in [1.807, 2.05) is 16.8 Å². The van der Waals surface area contributed by atoms with Crippen molar-refractivity contribution in [3.05, 3.63) is 53.6 Å². The summed E-state index contributed by atoms with van der Waals surface area (Å²) in [4.78, 5) is 27.2. The van der Waals surface area contributed by atoms with Gasteiger partial charge in [0.2, 0.25) is 0 Å². The molecule has 2 amide bonds. The second kappa shape index (κ2) is 8.19. The van der Waals surface area contributed by atoms with Gasteiger partial charge in [-0.2, -0.15) is 0 Å². The maximum absolute atomic E-state index is 11.7. The van der Waals surface area contributed by atoms with Crippen LogP contribution in [0.2, 0.25) is 5.02 Å². The minimum absolute atomic E-state index is 0.223. The van der Waals surface area contributed by atoms with E-state index in [1.54, 1.807) is 30.7 Å². The van der Waals surface area contributed by atoms with Crippen LogP contribution in [0.5, 0.6) is 0 Å². The van der Waals surface area contributed by atoms with Crippen molar-refractivity contribution in [2.45, 2.75) is 19.5 Å². The van der Waals surface area contributed by atoms with Crippen LogP contribution in [-0.2, 0) is 22.7 Å². The zero-order valence-corrected chi connectivity index (χ0v) is 12.7. The Hall–Kier alpha value is -2.34. The number of nitrogens with one attached hydrogen (secondary N) is 2. The smallest absolute Gasteiger partial charge is 0.309 e. The molecule has 0 bridgehead atoms. The first kappa shape index (κ1) is 16.0. The van der Waals surface area contributed by atoms with Gasteiger partial charge in [-0.15, -0.1) is 0 Å². The van der Waals surface area contributed by atoms with Gasteiger partial charge in [0.05, 0.1) is 6.33 Å². The van der Waals surface area contributed by atoms with Crippen molar-refractivity contribution in [3.8, 4) is 0 Å². The summed E-state index contributed by atoms with van der Waals surface area (Å²) in [5.74, 6) is -1.31. The average Bonchev–Trinajstić information content (AvgIpc) is 3.03. The highest BCUT2D eigenvalue weighted by molar-refractivity contribution is 6.35. The lowest BCUT2D eigenvalue weighted by molar-refractivity contribution is -0.139. The molecule has 22 heavy (non-hydrogen) atoms. The lowest BCUT2D eigenvalue weighted by atomic mass is 10.2. The van der Waals surface area contributed by atoms with Crippen molar-refractivity contribution >= 4 is 23.4 Å². The maximum Gasteiger partial charge on any atom is 0.309 e. The minimum atomic E-state index is -0.664. The van der Waals surface area contributed by atoms with Gasteiger partial charge in [0.25, 0.3) is 0 Å². The first-order valence-corrected chi connectivity index (χ1v) is 7.30. The summed E-state index contributed by atoms with van der Waals surface area (Å²) in [6, 6.07) is 7.16. The van der Waals surface area contributed by atoms with Crippen LogP contribution in [0.15, 0.2) is 43.0 Å².